The molecule has 24 heavy (non-hydrogen) atoms. The Bertz CT molecular complexity index is 490. The maximum Gasteiger partial charge on any atom is 0.410 e. The predicted molar refractivity (Wildman–Crippen MR) is 94.4 cm³/mol. The summed E-state index contributed by atoms with van der Waals surface area (Å²) < 4.78 is 31.9. The summed E-state index contributed by atoms with van der Waals surface area (Å²) in [4.78, 5) is 13.8. The molecule has 0 N–H and O–H groups in total. The summed E-state index contributed by atoms with van der Waals surface area (Å²) in [6.07, 6.45) is 7.88. The quantitative estimate of drug-likeness (QED) is 0.511. The molecule has 0 atom stereocenters. The lowest BCUT2D eigenvalue weighted by molar-refractivity contribution is 0.0170. The Morgan fingerprint density at radius 3 is 2.21 bits per heavy atom. The second-order valence-corrected chi connectivity index (χ2v) is 9.43. The minimum absolute atomic E-state index is 0.246. The van der Waals surface area contributed by atoms with Gasteiger partial charge in [-0.05, 0) is 58.8 Å². The molecule has 0 unspecified atom stereocenters. The molecule has 0 spiro atoms. The highest BCUT2D eigenvalue weighted by atomic mass is 32.2. The highest BCUT2D eigenvalue weighted by Crippen LogP contribution is 2.31. The first-order valence-electron chi connectivity index (χ1n) is 8.78. The Morgan fingerprint density at radius 2 is 1.71 bits per heavy atom. The smallest absolute Gasteiger partial charge is 0.410 e. The van der Waals surface area contributed by atoms with E-state index in [-0.39, 0.29) is 18.7 Å². The third-order valence-corrected chi connectivity index (χ3v) is 4.94. The normalized spacial score (nSPS) is 22.2. The van der Waals surface area contributed by atoms with Crippen LogP contribution >= 0.6 is 0 Å². The van der Waals surface area contributed by atoms with E-state index in [4.69, 9.17) is 8.92 Å². The fourth-order valence-corrected chi connectivity index (χ4v) is 3.47. The monoisotopic (exact) mass is 363 g/mol. The Balaban J connectivity index is 2.23. The molecule has 0 saturated heterocycles. The van der Waals surface area contributed by atoms with E-state index in [2.05, 4.69) is 0 Å². The lowest BCUT2D eigenvalue weighted by Crippen LogP contribution is -2.42. The summed E-state index contributed by atoms with van der Waals surface area (Å²) in [7, 11) is -1.50. The number of carbonyl (C=O) groups excluding carboxylic acids is 1. The number of amides is 1. The molecule has 142 valence electrons. The van der Waals surface area contributed by atoms with Crippen molar-refractivity contribution in [1.82, 2.24) is 4.90 Å². The van der Waals surface area contributed by atoms with Gasteiger partial charge in [-0.3, -0.25) is 4.18 Å². The van der Waals surface area contributed by atoms with Gasteiger partial charge in [0, 0.05) is 13.1 Å². The van der Waals surface area contributed by atoms with Gasteiger partial charge in [-0.1, -0.05) is 12.8 Å². The molecule has 1 amide bonds. The zero-order valence-electron chi connectivity index (χ0n) is 15.7. The standard InChI is InChI=1S/C17H33NO5S/c1-17(2,3)23-16(19)18(4)15-11-9-14(10-12-15)8-6-7-13-22-24(5,20)21/h14-15H,6-13H2,1-5H3. The first kappa shape index (κ1) is 21.2. The molecule has 0 radical (unpaired) electrons. The van der Waals surface area contributed by atoms with Gasteiger partial charge in [-0.15, -0.1) is 0 Å². The van der Waals surface area contributed by atoms with Crippen LogP contribution in [0.5, 0.6) is 0 Å². The fourth-order valence-electron chi connectivity index (χ4n) is 3.05. The molecule has 1 aliphatic rings. The van der Waals surface area contributed by atoms with Crippen LogP contribution in [0.4, 0.5) is 4.79 Å². The maximum absolute atomic E-state index is 12.1. The van der Waals surface area contributed by atoms with E-state index in [9.17, 15) is 13.2 Å². The van der Waals surface area contributed by atoms with Crippen LogP contribution in [0.1, 0.15) is 65.7 Å². The molecule has 1 saturated carbocycles. The first-order valence-corrected chi connectivity index (χ1v) is 10.6. The van der Waals surface area contributed by atoms with Gasteiger partial charge in [-0.25, -0.2) is 4.79 Å². The highest BCUT2D eigenvalue weighted by Gasteiger charge is 2.29. The number of rotatable bonds is 7. The van der Waals surface area contributed by atoms with Crippen LogP contribution < -0.4 is 0 Å². The van der Waals surface area contributed by atoms with Crippen molar-refractivity contribution in [2.75, 3.05) is 19.9 Å². The van der Waals surface area contributed by atoms with Crippen LogP contribution in [0.2, 0.25) is 0 Å². The SMILES string of the molecule is CN(C(=O)OC(C)(C)C)C1CCC(CCCCOS(C)(=O)=O)CC1. The van der Waals surface area contributed by atoms with Crippen molar-refractivity contribution in [3.8, 4) is 0 Å². The maximum atomic E-state index is 12.1. The van der Waals surface area contributed by atoms with Crippen molar-refractivity contribution in [2.24, 2.45) is 5.92 Å². The van der Waals surface area contributed by atoms with E-state index in [1.54, 1.807) is 4.90 Å². The second-order valence-electron chi connectivity index (χ2n) is 7.79. The van der Waals surface area contributed by atoms with Gasteiger partial charge in [0.2, 0.25) is 0 Å². The summed E-state index contributed by atoms with van der Waals surface area (Å²) in [6, 6.07) is 0.254. The van der Waals surface area contributed by atoms with Gasteiger partial charge in [0.25, 0.3) is 10.1 Å². The average Bonchev–Trinajstić information content (AvgIpc) is 2.44. The van der Waals surface area contributed by atoms with Crippen molar-refractivity contribution >= 4 is 16.2 Å². The zero-order valence-corrected chi connectivity index (χ0v) is 16.5. The van der Waals surface area contributed by atoms with Crippen LogP contribution in [-0.2, 0) is 19.0 Å². The van der Waals surface area contributed by atoms with Crippen LogP contribution in [-0.4, -0.2) is 51.0 Å². The van der Waals surface area contributed by atoms with E-state index in [0.717, 1.165) is 51.2 Å². The van der Waals surface area contributed by atoms with Gasteiger partial charge < -0.3 is 9.64 Å². The molecule has 1 rings (SSSR count). The molecule has 0 aromatic heterocycles. The average molecular weight is 364 g/mol. The minimum Gasteiger partial charge on any atom is -0.444 e. The molecule has 6 nitrogen and oxygen atoms in total. The molecular formula is C17H33NO5S. The zero-order chi connectivity index (χ0) is 18.4. The Hall–Kier alpha value is -0.820. The summed E-state index contributed by atoms with van der Waals surface area (Å²) in [5, 5.41) is 0. The van der Waals surface area contributed by atoms with Crippen LogP contribution in [0, 0.1) is 5.92 Å². The van der Waals surface area contributed by atoms with Gasteiger partial charge in [0.15, 0.2) is 0 Å². The van der Waals surface area contributed by atoms with Gasteiger partial charge >= 0.3 is 6.09 Å². The largest absolute Gasteiger partial charge is 0.444 e. The predicted octanol–water partition coefficient (Wildman–Crippen LogP) is 3.56. The van der Waals surface area contributed by atoms with Crippen LogP contribution in [0.15, 0.2) is 0 Å². The van der Waals surface area contributed by atoms with Gasteiger partial charge in [0.1, 0.15) is 5.60 Å². The third kappa shape index (κ3) is 8.87. The van der Waals surface area contributed by atoms with Crippen LogP contribution in [0.3, 0.4) is 0 Å². The minimum atomic E-state index is -3.32. The fraction of sp³-hybridized carbons (Fsp3) is 0.941. The molecule has 0 bridgehead atoms. The molecule has 0 aromatic rings. The lowest BCUT2D eigenvalue weighted by Gasteiger charge is -2.35. The van der Waals surface area contributed by atoms with Crippen molar-refractivity contribution in [3.63, 3.8) is 0 Å². The summed E-state index contributed by atoms with van der Waals surface area (Å²) in [5.74, 6) is 0.659. The van der Waals surface area contributed by atoms with E-state index < -0.39 is 15.7 Å². The topological polar surface area (TPSA) is 72.9 Å². The molecule has 0 heterocycles. The van der Waals surface area contributed by atoms with E-state index in [0.29, 0.717) is 5.92 Å². The Labute approximate surface area is 147 Å². The van der Waals surface area contributed by atoms with Gasteiger partial charge in [0.05, 0.1) is 12.9 Å². The summed E-state index contributed by atoms with van der Waals surface area (Å²) >= 11 is 0. The van der Waals surface area contributed by atoms with Crippen molar-refractivity contribution in [2.45, 2.75) is 77.4 Å². The van der Waals surface area contributed by atoms with E-state index >= 15 is 0 Å². The van der Waals surface area contributed by atoms with E-state index in [1.165, 1.54) is 0 Å². The lowest BCUT2D eigenvalue weighted by atomic mass is 9.83. The van der Waals surface area contributed by atoms with Crippen LogP contribution in [0.25, 0.3) is 0 Å². The van der Waals surface area contributed by atoms with Crippen molar-refractivity contribution < 1.29 is 22.1 Å². The molecular weight excluding hydrogens is 330 g/mol. The number of hydrogen-bond acceptors (Lipinski definition) is 5. The molecule has 1 fully saturated rings. The number of nitrogens with zero attached hydrogens (tertiary/aromatic N) is 1. The number of hydrogen-bond donors (Lipinski definition) is 0. The molecule has 7 heteroatoms. The summed E-state index contributed by atoms with van der Waals surface area (Å²) in [5.41, 5.74) is -0.462. The number of unbranched alkanes of at least 4 members (excludes halogenated alkanes) is 1. The van der Waals surface area contributed by atoms with Crippen molar-refractivity contribution in [1.29, 1.82) is 0 Å². The van der Waals surface area contributed by atoms with Gasteiger partial charge in [-0.2, -0.15) is 8.42 Å². The van der Waals surface area contributed by atoms with E-state index in [1.807, 2.05) is 27.8 Å². The second kappa shape index (κ2) is 9.04. The molecule has 0 aromatic carbocycles. The summed E-state index contributed by atoms with van der Waals surface area (Å²) in [6.45, 7) is 5.91. The number of carbonyl (C=O) groups is 1. The molecule has 1 aliphatic carbocycles. The van der Waals surface area contributed by atoms with Crippen molar-refractivity contribution in [3.05, 3.63) is 0 Å². The Kier molecular flexibility index (Phi) is 7.99. The third-order valence-electron chi connectivity index (χ3n) is 4.35. The number of ether oxygens (including phenoxy) is 1. The first-order chi connectivity index (χ1) is 11.0. The Morgan fingerprint density at radius 1 is 1.12 bits per heavy atom. The molecule has 0 aliphatic heterocycles. The highest BCUT2D eigenvalue weighted by molar-refractivity contribution is 7.85.